The largest absolute Gasteiger partial charge is 0.338 e. The van der Waals surface area contributed by atoms with Gasteiger partial charge in [-0.15, -0.1) is 0 Å². The Balaban J connectivity index is 1.50. The van der Waals surface area contributed by atoms with Crippen LogP contribution in [0.3, 0.4) is 0 Å². The Hall–Kier alpha value is -3.21. The zero-order valence-electron chi connectivity index (χ0n) is 14.3. The minimum Gasteiger partial charge on any atom is -0.338 e. The third kappa shape index (κ3) is 3.42. The van der Waals surface area contributed by atoms with Crippen LogP contribution in [0.15, 0.2) is 60.8 Å². The van der Waals surface area contributed by atoms with Gasteiger partial charge in [-0.25, -0.2) is 0 Å². The molecule has 0 aliphatic carbocycles. The summed E-state index contributed by atoms with van der Waals surface area (Å²) in [6, 6.07) is 17.1. The summed E-state index contributed by atoms with van der Waals surface area (Å²) in [6.45, 7) is 1.34. The molecule has 0 radical (unpaired) electrons. The molecule has 0 atom stereocenters. The number of benzene rings is 2. The number of carbonyl (C=O) groups is 2. The molecule has 1 saturated heterocycles. The number of nitrogens with zero attached hydrogens (tertiary/aromatic N) is 2. The molecular weight excluding hydrogens is 326 g/mol. The number of hydrogen-bond donors (Lipinski definition) is 1. The minimum atomic E-state index is -0.184. The highest BCUT2D eigenvalue weighted by molar-refractivity contribution is 6.05. The number of para-hydroxylation sites is 1. The number of anilines is 1. The van der Waals surface area contributed by atoms with Crippen LogP contribution in [0.25, 0.3) is 10.9 Å². The summed E-state index contributed by atoms with van der Waals surface area (Å²) in [7, 11) is 0. The zero-order valence-corrected chi connectivity index (χ0v) is 14.3. The average molecular weight is 345 g/mol. The van der Waals surface area contributed by atoms with E-state index >= 15 is 0 Å². The van der Waals surface area contributed by atoms with Crippen LogP contribution in [0.1, 0.15) is 28.8 Å². The second kappa shape index (κ2) is 6.96. The van der Waals surface area contributed by atoms with Crippen molar-refractivity contribution in [2.75, 3.05) is 11.9 Å². The molecule has 3 aromatic rings. The van der Waals surface area contributed by atoms with Crippen molar-refractivity contribution in [1.29, 1.82) is 0 Å². The first-order valence-electron chi connectivity index (χ1n) is 8.72. The molecule has 2 aromatic carbocycles. The van der Waals surface area contributed by atoms with Gasteiger partial charge in [-0.1, -0.05) is 30.3 Å². The monoisotopic (exact) mass is 345 g/mol. The van der Waals surface area contributed by atoms with Crippen molar-refractivity contribution in [3.8, 4) is 0 Å². The quantitative estimate of drug-likeness (QED) is 0.786. The van der Waals surface area contributed by atoms with E-state index in [1.165, 1.54) is 0 Å². The molecular formula is C21H19N3O2. The van der Waals surface area contributed by atoms with E-state index in [-0.39, 0.29) is 11.8 Å². The molecule has 0 spiro atoms. The molecule has 1 aliphatic heterocycles. The van der Waals surface area contributed by atoms with Crippen LogP contribution < -0.4 is 5.32 Å². The standard InChI is InChI=1S/C21H19N3O2/c25-20-9-4-10-24(20)14-15-5-3-7-17(11-15)21(26)23-18-12-16-6-1-2-8-19(16)22-13-18/h1-3,5-8,11-13H,4,9-10,14H2,(H,23,26). The molecule has 1 fully saturated rings. The van der Waals surface area contributed by atoms with Crippen LogP contribution in [0.5, 0.6) is 0 Å². The number of likely N-dealkylation sites (tertiary alicyclic amines) is 1. The van der Waals surface area contributed by atoms with E-state index in [4.69, 9.17) is 0 Å². The smallest absolute Gasteiger partial charge is 0.255 e. The molecule has 0 unspecified atom stereocenters. The predicted molar refractivity (Wildman–Crippen MR) is 101 cm³/mol. The first-order valence-corrected chi connectivity index (χ1v) is 8.72. The van der Waals surface area contributed by atoms with E-state index in [2.05, 4.69) is 10.3 Å². The Labute approximate surface area is 151 Å². The van der Waals surface area contributed by atoms with E-state index in [9.17, 15) is 9.59 Å². The van der Waals surface area contributed by atoms with Crippen molar-refractivity contribution < 1.29 is 9.59 Å². The van der Waals surface area contributed by atoms with Crippen LogP contribution in [0.4, 0.5) is 5.69 Å². The SMILES string of the molecule is O=C(Nc1cnc2ccccc2c1)c1cccc(CN2CCCC2=O)c1. The number of fused-ring (bicyclic) bond motifs is 1. The van der Waals surface area contributed by atoms with E-state index in [0.29, 0.717) is 24.2 Å². The van der Waals surface area contributed by atoms with Crippen LogP contribution in [0, 0.1) is 0 Å². The lowest BCUT2D eigenvalue weighted by Crippen LogP contribution is -2.24. The Morgan fingerprint density at radius 1 is 1.12 bits per heavy atom. The van der Waals surface area contributed by atoms with Crippen molar-refractivity contribution in [2.45, 2.75) is 19.4 Å². The highest BCUT2D eigenvalue weighted by Crippen LogP contribution is 2.18. The molecule has 1 aliphatic rings. The van der Waals surface area contributed by atoms with Gasteiger partial charge in [0.25, 0.3) is 5.91 Å². The molecule has 1 aromatic heterocycles. The predicted octanol–water partition coefficient (Wildman–Crippen LogP) is 3.61. The van der Waals surface area contributed by atoms with Gasteiger partial charge in [-0.2, -0.15) is 0 Å². The summed E-state index contributed by atoms with van der Waals surface area (Å²) < 4.78 is 0. The first kappa shape index (κ1) is 16.3. The van der Waals surface area contributed by atoms with Gasteiger partial charge in [0.05, 0.1) is 17.4 Å². The maximum atomic E-state index is 12.6. The maximum Gasteiger partial charge on any atom is 0.255 e. The molecule has 26 heavy (non-hydrogen) atoms. The Bertz CT molecular complexity index is 984. The number of pyridine rings is 1. The van der Waals surface area contributed by atoms with Gasteiger partial charge in [-0.3, -0.25) is 14.6 Å². The fourth-order valence-electron chi connectivity index (χ4n) is 3.25. The Morgan fingerprint density at radius 2 is 2.00 bits per heavy atom. The fraction of sp³-hybridized carbons (Fsp3) is 0.190. The number of aromatic nitrogens is 1. The number of hydrogen-bond acceptors (Lipinski definition) is 3. The summed E-state index contributed by atoms with van der Waals surface area (Å²) in [5, 5.41) is 3.88. The second-order valence-corrected chi connectivity index (χ2v) is 6.49. The van der Waals surface area contributed by atoms with Gasteiger partial charge in [0, 0.05) is 30.5 Å². The van der Waals surface area contributed by atoms with Crippen LogP contribution in [-0.4, -0.2) is 28.2 Å². The highest BCUT2D eigenvalue weighted by Gasteiger charge is 2.20. The third-order valence-electron chi connectivity index (χ3n) is 4.58. The van der Waals surface area contributed by atoms with E-state index in [1.54, 1.807) is 12.3 Å². The maximum absolute atomic E-state index is 12.6. The van der Waals surface area contributed by atoms with Gasteiger partial charge in [-0.05, 0) is 36.2 Å². The lowest BCUT2D eigenvalue weighted by Gasteiger charge is -2.16. The zero-order chi connectivity index (χ0) is 17.9. The summed E-state index contributed by atoms with van der Waals surface area (Å²) in [5.74, 6) is -0.00114. The van der Waals surface area contributed by atoms with Gasteiger partial charge < -0.3 is 10.2 Å². The van der Waals surface area contributed by atoms with Crippen molar-refractivity contribution in [2.24, 2.45) is 0 Å². The number of amides is 2. The Morgan fingerprint density at radius 3 is 2.85 bits per heavy atom. The van der Waals surface area contributed by atoms with Crippen molar-refractivity contribution in [1.82, 2.24) is 9.88 Å². The second-order valence-electron chi connectivity index (χ2n) is 6.49. The molecule has 5 nitrogen and oxygen atoms in total. The fourth-order valence-corrected chi connectivity index (χ4v) is 3.25. The molecule has 2 amide bonds. The summed E-state index contributed by atoms with van der Waals surface area (Å²) in [5.41, 5.74) is 3.09. The summed E-state index contributed by atoms with van der Waals surface area (Å²) in [6.07, 6.45) is 3.19. The lowest BCUT2D eigenvalue weighted by molar-refractivity contribution is -0.128. The van der Waals surface area contributed by atoms with E-state index < -0.39 is 0 Å². The van der Waals surface area contributed by atoms with Crippen LogP contribution in [-0.2, 0) is 11.3 Å². The normalized spacial score (nSPS) is 14.0. The van der Waals surface area contributed by atoms with Gasteiger partial charge in [0.1, 0.15) is 0 Å². The number of nitrogens with one attached hydrogen (secondary N) is 1. The van der Waals surface area contributed by atoms with Crippen molar-refractivity contribution in [3.05, 3.63) is 71.9 Å². The minimum absolute atomic E-state index is 0.182. The third-order valence-corrected chi connectivity index (χ3v) is 4.58. The number of carbonyl (C=O) groups excluding carboxylic acids is 2. The molecule has 4 rings (SSSR count). The summed E-state index contributed by atoms with van der Waals surface area (Å²) >= 11 is 0. The molecule has 5 heteroatoms. The topological polar surface area (TPSA) is 62.3 Å². The molecule has 2 heterocycles. The molecule has 0 bridgehead atoms. The molecule has 130 valence electrons. The van der Waals surface area contributed by atoms with Gasteiger partial charge >= 0.3 is 0 Å². The van der Waals surface area contributed by atoms with Crippen molar-refractivity contribution >= 4 is 28.4 Å². The Kier molecular flexibility index (Phi) is 4.35. The summed E-state index contributed by atoms with van der Waals surface area (Å²) in [4.78, 5) is 30.6. The van der Waals surface area contributed by atoms with Crippen LogP contribution >= 0.6 is 0 Å². The van der Waals surface area contributed by atoms with Crippen molar-refractivity contribution in [3.63, 3.8) is 0 Å². The number of rotatable bonds is 4. The van der Waals surface area contributed by atoms with Crippen LogP contribution in [0.2, 0.25) is 0 Å². The van der Waals surface area contributed by atoms with E-state index in [1.807, 2.05) is 53.4 Å². The molecule has 0 saturated carbocycles. The van der Waals surface area contributed by atoms with Gasteiger partial charge in [0.2, 0.25) is 5.91 Å². The average Bonchev–Trinajstić information content (AvgIpc) is 3.06. The lowest BCUT2D eigenvalue weighted by atomic mass is 10.1. The van der Waals surface area contributed by atoms with E-state index in [0.717, 1.165) is 29.4 Å². The molecule has 1 N–H and O–H groups in total. The van der Waals surface area contributed by atoms with Gasteiger partial charge in [0.15, 0.2) is 0 Å². The first-order chi connectivity index (χ1) is 12.7. The highest BCUT2D eigenvalue weighted by atomic mass is 16.2.